The molecule has 1 aromatic heterocycles. The number of methoxy groups -OCH3 is 1. The highest BCUT2D eigenvalue weighted by molar-refractivity contribution is 7.13. The van der Waals surface area contributed by atoms with Crippen LogP contribution in [0.5, 0.6) is 5.75 Å². The molecule has 0 bridgehead atoms. The Kier molecular flexibility index (Phi) is 4.70. The first-order valence-electron chi connectivity index (χ1n) is 6.14. The van der Waals surface area contributed by atoms with Gasteiger partial charge in [-0.2, -0.15) is 0 Å². The first-order chi connectivity index (χ1) is 9.58. The first kappa shape index (κ1) is 14.5. The third-order valence-electron chi connectivity index (χ3n) is 2.70. The molecule has 0 saturated heterocycles. The van der Waals surface area contributed by atoms with Crippen LogP contribution in [0, 0.1) is 0 Å². The van der Waals surface area contributed by atoms with Crippen molar-refractivity contribution in [3.8, 4) is 5.75 Å². The molecule has 0 fully saturated rings. The van der Waals surface area contributed by atoms with Crippen molar-refractivity contribution in [2.45, 2.75) is 19.4 Å². The number of hydrogen-bond donors (Lipinski definition) is 2. The summed E-state index contributed by atoms with van der Waals surface area (Å²) in [6.45, 7) is 1.64. The minimum absolute atomic E-state index is 0.148. The number of amides is 1. The highest BCUT2D eigenvalue weighted by Crippen LogP contribution is 2.20. The van der Waals surface area contributed by atoms with Crippen LogP contribution in [0.1, 0.15) is 24.3 Å². The Hall–Kier alpha value is -1.92. The Labute approximate surface area is 121 Å². The molecule has 1 atom stereocenters. The van der Waals surface area contributed by atoms with E-state index in [0.717, 1.165) is 11.3 Å². The average molecular weight is 292 g/mol. The van der Waals surface area contributed by atoms with Crippen molar-refractivity contribution >= 4 is 22.4 Å². The summed E-state index contributed by atoms with van der Waals surface area (Å²) in [6.07, 6.45) is -0.379. The number of benzene rings is 1. The molecule has 0 saturated carbocycles. The van der Waals surface area contributed by atoms with Gasteiger partial charge in [-0.15, -0.1) is 11.3 Å². The summed E-state index contributed by atoms with van der Waals surface area (Å²) in [4.78, 5) is 16.0. The van der Waals surface area contributed by atoms with E-state index < -0.39 is 6.10 Å². The van der Waals surface area contributed by atoms with Crippen molar-refractivity contribution in [2.75, 3.05) is 12.4 Å². The fourth-order valence-electron chi connectivity index (χ4n) is 1.67. The van der Waals surface area contributed by atoms with Crippen molar-refractivity contribution in [1.29, 1.82) is 0 Å². The van der Waals surface area contributed by atoms with Gasteiger partial charge in [0.1, 0.15) is 5.75 Å². The van der Waals surface area contributed by atoms with E-state index in [-0.39, 0.29) is 12.3 Å². The van der Waals surface area contributed by atoms with E-state index in [0.29, 0.717) is 10.8 Å². The molecule has 106 valence electrons. The van der Waals surface area contributed by atoms with Crippen LogP contribution in [0.3, 0.4) is 0 Å². The van der Waals surface area contributed by atoms with Gasteiger partial charge in [-0.1, -0.05) is 12.1 Å². The molecule has 1 heterocycles. The molecule has 2 N–H and O–H groups in total. The number of aliphatic hydroxyl groups excluding tert-OH is 1. The molecule has 2 aromatic rings. The standard InChI is InChI=1S/C14H16N2O3S/c1-9(17)12-8-20-14(15-12)16-13(18)7-10-4-3-5-11(6-10)19-2/h3-6,8-9,17H,7H2,1-2H3,(H,15,16,18). The number of nitrogens with one attached hydrogen (secondary N) is 1. The minimum atomic E-state index is -0.629. The number of hydrogen-bond acceptors (Lipinski definition) is 5. The van der Waals surface area contributed by atoms with E-state index in [1.165, 1.54) is 11.3 Å². The van der Waals surface area contributed by atoms with Crippen LogP contribution in [0.25, 0.3) is 0 Å². The van der Waals surface area contributed by atoms with Crippen LogP contribution >= 0.6 is 11.3 Å². The number of carbonyl (C=O) groups is 1. The van der Waals surface area contributed by atoms with Crippen LogP contribution in [0.4, 0.5) is 5.13 Å². The lowest BCUT2D eigenvalue weighted by Crippen LogP contribution is -2.14. The van der Waals surface area contributed by atoms with Gasteiger partial charge >= 0.3 is 0 Å². The van der Waals surface area contributed by atoms with Gasteiger partial charge in [0.05, 0.1) is 25.3 Å². The Bertz CT molecular complexity index is 596. The molecule has 0 radical (unpaired) electrons. The molecule has 0 aliphatic heterocycles. The molecule has 20 heavy (non-hydrogen) atoms. The maximum atomic E-state index is 11.9. The normalized spacial score (nSPS) is 11.9. The first-order valence-corrected chi connectivity index (χ1v) is 7.02. The van der Waals surface area contributed by atoms with Crippen molar-refractivity contribution in [3.05, 3.63) is 40.9 Å². The molecule has 1 aromatic carbocycles. The summed E-state index contributed by atoms with van der Waals surface area (Å²) in [6, 6.07) is 7.36. The highest BCUT2D eigenvalue weighted by atomic mass is 32.1. The summed E-state index contributed by atoms with van der Waals surface area (Å²) < 4.78 is 5.11. The summed E-state index contributed by atoms with van der Waals surface area (Å²) in [5, 5.41) is 14.3. The van der Waals surface area contributed by atoms with Crippen LogP contribution in [-0.2, 0) is 11.2 Å². The number of nitrogens with zero attached hydrogens (tertiary/aromatic N) is 1. The van der Waals surface area contributed by atoms with Gasteiger partial charge in [0.15, 0.2) is 5.13 Å². The van der Waals surface area contributed by atoms with Crippen LogP contribution in [0.15, 0.2) is 29.6 Å². The van der Waals surface area contributed by atoms with Gasteiger partial charge in [0.2, 0.25) is 5.91 Å². The van der Waals surface area contributed by atoms with E-state index >= 15 is 0 Å². The Morgan fingerprint density at radius 2 is 2.35 bits per heavy atom. The summed E-state index contributed by atoms with van der Waals surface area (Å²) in [5.41, 5.74) is 1.43. The van der Waals surface area contributed by atoms with Crippen molar-refractivity contribution in [3.63, 3.8) is 0 Å². The van der Waals surface area contributed by atoms with Crippen molar-refractivity contribution < 1.29 is 14.6 Å². The van der Waals surface area contributed by atoms with Gasteiger partial charge in [-0.05, 0) is 24.6 Å². The molecule has 1 unspecified atom stereocenters. The van der Waals surface area contributed by atoms with E-state index in [2.05, 4.69) is 10.3 Å². The van der Waals surface area contributed by atoms with Gasteiger partial charge in [0, 0.05) is 5.38 Å². The smallest absolute Gasteiger partial charge is 0.230 e. The zero-order chi connectivity index (χ0) is 14.5. The van der Waals surface area contributed by atoms with Crippen LogP contribution < -0.4 is 10.1 Å². The van der Waals surface area contributed by atoms with Crippen molar-refractivity contribution in [2.24, 2.45) is 0 Å². The third kappa shape index (κ3) is 3.79. The maximum Gasteiger partial charge on any atom is 0.230 e. The fourth-order valence-corrected chi connectivity index (χ4v) is 2.48. The van der Waals surface area contributed by atoms with Gasteiger partial charge in [-0.3, -0.25) is 4.79 Å². The van der Waals surface area contributed by atoms with Gasteiger partial charge < -0.3 is 15.2 Å². The lowest BCUT2D eigenvalue weighted by Gasteiger charge is -2.04. The summed E-state index contributed by atoms with van der Waals surface area (Å²) >= 11 is 1.30. The number of carbonyl (C=O) groups excluding carboxylic acids is 1. The van der Waals surface area contributed by atoms with E-state index in [4.69, 9.17) is 4.74 Å². The quantitative estimate of drug-likeness (QED) is 0.887. The van der Waals surface area contributed by atoms with E-state index in [1.807, 2.05) is 24.3 Å². The highest BCUT2D eigenvalue weighted by Gasteiger charge is 2.10. The van der Waals surface area contributed by atoms with E-state index in [9.17, 15) is 9.90 Å². The predicted molar refractivity (Wildman–Crippen MR) is 78.1 cm³/mol. The molecular weight excluding hydrogens is 276 g/mol. The largest absolute Gasteiger partial charge is 0.497 e. The molecular formula is C14H16N2O3S. The molecule has 6 heteroatoms. The van der Waals surface area contributed by atoms with Crippen molar-refractivity contribution in [1.82, 2.24) is 4.98 Å². The lowest BCUT2D eigenvalue weighted by atomic mass is 10.1. The van der Waals surface area contributed by atoms with Crippen LogP contribution in [0.2, 0.25) is 0 Å². The SMILES string of the molecule is COc1cccc(CC(=O)Nc2nc(C(C)O)cs2)c1. The summed E-state index contributed by atoms with van der Waals surface area (Å²) in [5.74, 6) is 0.575. The minimum Gasteiger partial charge on any atom is -0.497 e. The molecule has 1 amide bonds. The number of ether oxygens (including phenoxy) is 1. The van der Waals surface area contributed by atoms with Gasteiger partial charge in [0.25, 0.3) is 0 Å². The third-order valence-corrected chi connectivity index (χ3v) is 3.47. The topological polar surface area (TPSA) is 71.5 Å². The number of rotatable bonds is 5. The zero-order valence-corrected chi connectivity index (χ0v) is 12.1. The second kappa shape index (κ2) is 6.49. The lowest BCUT2D eigenvalue weighted by molar-refractivity contribution is -0.115. The van der Waals surface area contributed by atoms with Gasteiger partial charge in [-0.25, -0.2) is 4.98 Å². The van der Waals surface area contributed by atoms with E-state index in [1.54, 1.807) is 19.4 Å². The fraction of sp³-hybridized carbons (Fsp3) is 0.286. The zero-order valence-electron chi connectivity index (χ0n) is 11.3. The second-order valence-corrected chi connectivity index (χ2v) is 5.19. The number of thiazole rings is 1. The van der Waals surface area contributed by atoms with Crippen LogP contribution in [-0.4, -0.2) is 23.1 Å². The molecule has 0 spiro atoms. The Balaban J connectivity index is 1.97. The maximum absolute atomic E-state index is 11.9. The Morgan fingerprint density at radius 1 is 1.55 bits per heavy atom. The molecule has 0 aliphatic rings. The number of aliphatic hydroxyl groups is 1. The molecule has 5 nitrogen and oxygen atoms in total. The monoisotopic (exact) mass is 292 g/mol. The predicted octanol–water partition coefficient (Wildman–Crippen LogP) is 2.39. The molecule has 0 aliphatic carbocycles. The second-order valence-electron chi connectivity index (χ2n) is 4.33. The average Bonchev–Trinajstić information content (AvgIpc) is 2.87. The number of anilines is 1. The molecule has 2 rings (SSSR count). The summed E-state index contributed by atoms with van der Waals surface area (Å²) in [7, 11) is 1.59. The Morgan fingerprint density at radius 3 is 3.00 bits per heavy atom. The number of aromatic nitrogens is 1.